The molecule has 0 spiro atoms. The van der Waals surface area contributed by atoms with E-state index in [4.69, 9.17) is 10.1 Å². The molecule has 1 amide bonds. The zero-order chi connectivity index (χ0) is 22.7. The first-order valence-electron chi connectivity index (χ1n) is 10.2. The Bertz CT molecular complexity index is 1310. The van der Waals surface area contributed by atoms with E-state index in [-0.39, 0.29) is 17.1 Å². The summed E-state index contributed by atoms with van der Waals surface area (Å²) in [5, 5.41) is 20.0. The molecule has 32 heavy (non-hydrogen) atoms. The van der Waals surface area contributed by atoms with Crippen molar-refractivity contribution in [3.8, 4) is 11.4 Å². The molecule has 0 fully saturated rings. The highest BCUT2D eigenvalue weighted by atomic mass is 32.2. The molecule has 0 aliphatic rings. The summed E-state index contributed by atoms with van der Waals surface area (Å²) < 4.78 is 7.18. The van der Waals surface area contributed by atoms with Gasteiger partial charge in [-0.15, -0.1) is 0 Å². The molecule has 0 saturated carbocycles. The maximum absolute atomic E-state index is 12.6. The number of carbonyl (C=O) groups excluding carboxylic acids is 1. The highest BCUT2D eigenvalue weighted by Crippen LogP contribution is 2.22. The minimum atomic E-state index is -0.166. The van der Waals surface area contributed by atoms with Gasteiger partial charge in [-0.25, -0.2) is 4.98 Å². The summed E-state index contributed by atoms with van der Waals surface area (Å²) in [6, 6.07) is 15.1. The predicted molar refractivity (Wildman–Crippen MR) is 126 cm³/mol. The number of amides is 1. The number of aromatic nitrogens is 4. The third-order valence-electron chi connectivity index (χ3n) is 4.85. The normalized spacial score (nSPS) is 11.0. The standard InChI is InChI=1S/C23H24N6O2S/c1-4-31-18-11-7-16(8-12-18)25-19(30)13-32-23-26-22-20(15(3)27-28-22)21(24)29(23)17-9-5-14(2)6-10-17/h5-12,24H,4,13H2,1-3H3,(H,25,30)(H,27,28). The number of aromatic amines is 1. The van der Waals surface area contributed by atoms with E-state index >= 15 is 0 Å². The van der Waals surface area contributed by atoms with Crippen molar-refractivity contribution in [3.63, 3.8) is 0 Å². The number of fused-ring (bicyclic) bond motifs is 1. The highest BCUT2D eigenvalue weighted by molar-refractivity contribution is 7.99. The summed E-state index contributed by atoms with van der Waals surface area (Å²) in [5.41, 5.74) is 4.15. The monoisotopic (exact) mass is 448 g/mol. The number of nitrogens with one attached hydrogen (secondary N) is 3. The molecular formula is C23H24N6O2S. The van der Waals surface area contributed by atoms with Crippen LogP contribution in [0.3, 0.4) is 0 Å². The summed E-state index contributed by atoms with van der Waals surface area (Å²) >= 11 is 1.26. The van der Waals surface area contributed by atoms with E-state index in [0.29, 0.717) is 28.5 Å². The maximum Gasteiger partial charge on any atom is 0.234 e. The second-order valence-corrected chi connectivity index (χ2v) is 8.20. The van der Waals surface area contributed by atoms with Gasteiger partial charge in [-0.3, -0.25) is 19.9 Å². The van der Waals surface area contributed by atoms with Crippen LogP contribution in [0.1, 0.15) is 18.2 Å². The van der Waals surface area contributed by atoms with E-state index in [1.807, 2.05) is 57.2 Å². The van der Waals surface area contributed by atoms with Crippen molar-refractivity contribution in [1.82, 2.24) is 19.7 Å². The van der Waals surface area contributed by atoms with E-state index in [1.54, 1.807) is 16.7 Å². The predicted octanol–water partition coefficient (Wildman–Crippen LogP) is 3.97. The van der Waals surface area contributed by atoms with Gasteiger partial charge in [0.15, 0.2) is 10.8 Å². The van der Waals surface area contributed by atoms with Gasteiger partial charge in [-0.1, -0.05) is 29.5 Å². The van der Waals surface area contributed by atoms with Crippen LogP contribution in [0.15, 0.2) is 53.7 Å². The average Bonchev–Trinajstić information content (AvgIpc) is 3.16. The van der Waals surface area contributed by atoms with Gasteiger partial charge in [-0.05, 0) is 57.2 Å². The number of rotatable bonds is 7. The minimum absolute atomic E-state index is 0.139. The molecule has 3 N–H and O–H groups in total. The van der Waals surface area contributed by atoms with E-state index in [2.05, 4.69) is 20.5 Å². The Kier molecular flexibility index (Phi) is 6.27. The maximum atomic E-state index is 12.6. The van der Waals surface area contributed by atoms with Crippen molar-refractivity contribution in [2.75, 3.05) is 17.7 Å². The molecule has 164 valence electrons. The molecule has 0 atom stereocenters. The number of hydrogen-bond donors (Lipinski definition) is 3. The lowest BCUT2D eigenvalue weighted by atomic mass is 10.2. The van der Waals surface area contributed by atoms with Crippen molar-refractivity contribution in [2.45, 2.75) is 25.9 Å². The molecule has 9 heteroatoms. The second kappa shape index (κ2) is 9.27. The van der Waals surface area contributed by atoms with Crippen LogP contribution in [-0.4, -0.2) is 38.0 Å². The fraction of sp³-hybridized carbons (Fsp3) is 0.217. The van der Waals surface area contributed by atoms with Gasteiger partial charge in [0.1, 0.15) is 11.2 Å². The Balaban J connectivity index is 1.59. The Morgan fingerprint density at radius 2 is 1.88 bits per heavy atom. The lowest BCUT2D eigenvalue weighted by molar-refractivity contribution is -0.113. The van der Waals surface area contributed by atoms with Crippen molar-refractivity contribution >= 4 is 34.4 Å². The number of nitrogens with zero attached hydrogens (tertiary/aromatic N) is 3. The van der Waals surface area contributed by atoms with Crippen molar-refractivity contribution in [2.24, 2.45) is 0 Å². The number of H-pyrrole nitrogens is 1. The number of ether oxygens (including phenoxy) is 1. The first-order valence-corrected chi connectivity index (χ1v) is 11.2. The molecular weight excluding hydrogens is 424 g/mol. The first-order chi connectivity index (χ1) is 15.5. The third kappa shape index (κ3) is 4.52. The zero-order valence-corrected chi connectivity index (χ0v) is 18.9. The summed E-state index contributed by atoms with van der Waals surface area (Å²) in [7, 11) is 0. The van der Waals surface area contributed by atoms with Crippen LogP contribution in [0.5, 0.6) is 5.75 Å². The van der Waals surface area contributed by atoms with Crippen LogP contribution in [0.2, 0.25) is 0 Å². The molecule has 0 aliphatic heterocycles. The Morgan fingerprint density at radius 3 is 2.56 bits per heavy atom. The van der Waals surface area contributed by atoms with Gasteiger partial charge >= 0.3 is 0 Å². The van der Waals surface area contributed by atoms with Gasteiger partial charge < -0.3 is 10.1 Å². The molecule has 2 heterocycles. The highest BCUT2D eigenvalue weighted by Gasteiger charge is 2.16. The van der Waals surface area contributed by atoms with Crippen LogP contribution in [0, 0.1) is 19.3 Å². The molecule has 0 aliphatic carbocycles. The Morgan fingerprint density at radius 1 is 1.16 bits per heavy atom. The van der Waals surface area contributed by atoms with Crippen molar-refractivity contribution in [3.05, 3.63) is 65.3 Å². The number of thioether (sulfide) groups is 1. The van der Waals surface area contributed by atoms with Gasteiger partial charge in [0, 0.05) is 17.1 Å². The lowest BCUT2D eigenvalue weighted by Gasteiger charge is -2.14. The van der Waals surface area contributed by atoms with Crippen LogP contribution in [-0.2, 0) is 4.79 Å². The largest absolute Gasteiger partial charge is 0.494 e. The molecule has 0 bridgehead atoms. The molecule has 0 saturated heterocycles. The summed E-state index contributed by atoms with van der Waals surface area (Å²) in [4.78, 5) is 17.2. The lowest BCUT2D eigenvalue weighted by Crippen LogP contribution is -2.23. The average molecular weight is 449 g/mol. The van der Waals surface area contributed by atoms with Gasteiger partial charge in [0.25, 0.3) is 0 Å². The second-order valence-electron chi connectivity index (χ2n) is 7.26. The number of anilines is 1. The van der Waals surface area contributed by atoms with E-state index in [0.717, 1.165) is 22.7 Å². The number of hydrogen-bond acceptors (Lipinski definition) is 6. The minimum Gasteiger partial charge on any atom is -0.494 e. The van der Waals surface area contributed by atoms with E-state index in [1.165, 1.54) is 11.8 Å². The quantitative estimate of drug-likeness (QED) is 0.293. The van der Waals surface area contributed by atoms with Crippen LogP contribution in [0.25, 0.3) is 16.7 Å². The van der Waals surface area contributed by atoms with E-state index < -0.39 is 0 Å². The van der Waals surface area contributed by atoms with Gasteiger partial charge in [-0.2, -0.15) is 5.10 Å². The topological polar surface area (TPSA) is 109 Å². The van der Waals surface area contributed by atoms with Crippen molar-refractivity contribution in [1.29, 1.82) is 5.41 Å². The van der Waals surface area contributed by atoms with Gasteiger partial charge in [0.2, 0.25) is 5.91 Å². The molecule has 8 nitrogen and oxygen atoms in total. The Labute approximate surface area is 189 Å². The molecule has 2 aromatic heterocycles. The third-order valence-corrected chi connectivity index (χ3v) is 5.79. The molecule has 4 rings (SSSR count). The number of carbonyl (C=O) groups is 1. The first kappa shape index (κ1) is 21.6. The molecule has 0 radical (unpaired) electrons. The summed E-state index contributed by atoms with van der Waals surface area (Å²) in [6.45, 7) is 6.40. The number of aryl methyl sites for hydroxylation is 2. The van der Waals surface area contributed by atoms with Crippen LogP contribution >= 0.6 is 11.8 Å². The SMILES string of the molecule is CCOc1ccc(NC(=O)CSc2nc3n[nH]c(C)c3c(=N)n2-c2ccc(C)cc2)cc1. The fourth-order valence-electron chi connectivity index (χ4n) is 3.29. The Hall–Kier alpha value is -3.59. The summed E-state index contributed by atoms with van der Waals surface area (Å²) in [6.07, 6.45) is 0. The fourth-order valence-corrected chi connectivity index (χ4v) is 4.10. The van der Waals surface area contributed by atoms with Crippen LogP contribution in [0.4, 0.5) is 5.69 Å². The molecule has 4 aromatic rings. The molecule has 0 unspecified atom stereocenters. The molecule has 2 aromatic carbocycles. The van der Waals surface area contributed by atoms with Gasteiger partial charge in [0.05, 0.1) is 17.7 Å². The zero-order valence-electron chi connectivity index (χ0n) is 18.1. The van der Waals surface area contributed by atoms with Crippen molar-refractivity contribution < 1.29 is 9.53 Å². The summed E-state index contributed by atoms with van der Waals surface area (Å²) in [5.74, 6) is 0.732. The van der Waals surface area contributed by atoms with E-state index in [9.17, 15) is 4.79 Å². The number of benzene rings is 2. The van der Waals surface area contributed by atoms with Crippen LogP contribution < -0.4 is 15.5 Å². The smallest absolute Gasteiger partial charge is 0.234 e.